The molecule has 63 heavy (non-hydrogen) atoms. The highest BCUT2D eigenvalue weighted by Crippen LogP contribution is 2.55. The summed E-state index contributed by atoms with van der Waals surface area (Å²) in [6.07, 6.45) is 0.786. The molecule has 1 unspecified atom stereocenters. The molecule has 1 saturated heterocycles. The van der Waals surface area contributed by atoms with Crippen molar-refractivity contribution in [3.8, 4) is 17.6 Å². The van der Waals surface area contributed by atoms with Crippen LogP contribution in [0.3, 0.4) is 0 Å². The van der Waals surface area contributed by atoms with Gasteiger partial charge in [-0.15, -0.1) is 0 Å². The average Bonchev–Trinajstić information content (AvgIpc) is 3.69. The number of amides is 1. The highest BCUT2D eigenvalue weighted by molar-refractivity contribution is 7.44. The third-order valence-corrected chi connectivity index (χ3v) is 13.5. The number of anilines is 1. The van der Waals surface area contributed by atoms with E-state index in [9.17, 15) is 14.9 Å². The van der Waals surface area contributed by atoms with Gasteiger partial charge in [0.25, 0.3) is 14.4 Å². The van der Waals surface area contributed by atoms with Gasteiger partial charge in [-0.2, -0.15) is 10.2 Å². The second-order valence-electron chi connectivity index (χ2n) is 17.0. The van der Waals surface area contributed by atoms with Crippen LogP contribution in [0.5, 0.6) is 11.5 Å². The number of aromatic nitrogens is 2. The molecule has 13 heteroatoms. The maximum atomic E-state index is 14.1. The molecule has 2 aliphatic heterocycles. The first-order chi connectivity index (χ1) is 30.4. The predicted molar refractivity (Wildman–Crippen MR) is 244 cm³/mol. The van der Waals surface area contributed by atoms with Crippen LogP contribution >= 0.6 is 8.53 Å². The smallest absolute Gasteiger partial charge is 0.351 e. The number of carbonyl (C=O) groups is 1. The molecule has 0 spiro atoms. The summed E-state index contributed by atoms with van der Waals surface area (Å²) in [5, 5.41) is 12.3. The van der Waals surface area contributed by atoms with Crippen molar-refractivity contribution in [2.75, 3.05) is 11.9 Å². The van der Waals surface area contributed by atoms with Gasteiger partial charge in [-0.05, 0) is 83.2 Å². The Labute approximate surface area is 372 Å². The van der Waals surface area contributed by atoms with E-state index in [1.54, 1.807) is 37.4 Å². The van der Waals surface area contributed by atoms with Gasteiger partial charge in [0.1, 0.15) is 29.6 Å². The Balaban J connectivity index is 1.34. The van der Waals surface area contributed by atoms with E-state index in [1.165, 1.54) is 4.57 Å². The molecule has 7 rings (SSSR count). The summed E-state index contributed by atoms with van der Waals surface area (Å²) in [7, 11) is -1.72. The quantitative estimate of drug-likeness (QED) is 0.0669. The first kappa shape index (κ1) is 45.8. The number of para-hydroxylation sites is 2. The van der Waals surface area contributed by atoms with Crippen molar-refractivity contribution >= 4 is 20.3 Å². The molecule has 12 nitrogen and oxygen atoms in total. The minimum Gasteiger partial charge on any atom is -0.457 e. The number of rotatable bonds is 18. The van der Waals surface area contributed by atoms with Crippen LogP contribution in [0.2, 0.25) is 0 Å². The third kappa shape index (κ3) is 10.1. The number of carbonyl (C=O) groups excluding carboxylic acids is 1. The Morgan fingerprint density at radius 2 is 1.51 bits per heavy atom. The van der Waals surface area contributed by atoms with E-state index in [0.717, 1.165) is 23.1 Å². The molecule has 5 atom stereocenters. The number of nitrogens with one attached hydrogen (secondary N) is 1. The maximum absolute atomic E-state index is 14.1. The first-order valence-corrected chi connectivity index (χ1v) is 23.0. The van der Waals surface area contributed by atoms with Crippen LogP contribution in [-0.4, -0.2) is 57.1 Å². The van der Waals surface area contributed by atoms with Crippen LogP contribution in [0.15, 0.2) is 120 Å². The van der Waals surface area contributed by atoms with E-state index in [0.29, 0.717) is 35.0 Å². The lowest BCUT2D eigenvalue weighted by Crippen LogP contribution is -2.46. The Morgan fingerprint density at radius 3 is 2.11 bits per heavy atom. The minimum absolute atomic E-state index is 0.0486. The van der Waals surface area contributed by atoms with Crippen molar-refractivity contribution < 1.29 is 28.1 Å². The summed E-state index contributed by atoms with van der Waals surface area (Å²) in [6.45, 7) is 14.8. The lowest BCUT2D eigenvalue weighted by atomic mass is 9.77. The molecule has 0 radical (unpaired) electrons. The number of hydrogen-bond acceptors (Lipinski definition) is 10. The number of aryl methyl sites for hydroxylation is 1. The number of hydrogen-bond donors (Lipinski definition) is 1. The molecule has 330 valence electrons. The van der Waals surface area contributed by atoms with Crippen LogP contribution in [0.25, 0.3) is 0 Å². The second kappa shape index (κ2) is 20.5. The van der Waals surface area contributed by atoms with E-state index >= 15 is 0 Å². The van der Waals surface area contributed by atoms with Gasteiger partial charge in [0, 0.05) is 47.0 Å². The fourth-order valence-corrected chi connectivity index (χ4v) is 10.2. The van der Waals surface area contributed by atoms with Crippen LogP contribution in [-0.2, 0) is 24.1 Å². The van der Waals surface area contributed by atoms with E-state index in [2.05, 4.69) is 86.8 Å². The van der Waals surface area contributed by atoms with Gasteiger partial charge in [0.05, 0.1) is 31.3 Å². The summed E-state index contributed by atoms with van der Waals surface area (Å²) in [6, 6.07) is 37.3. The summed E-state index contributed by atoms with van der Waals surface area (Å²) < 4.78 is 38.9. The van der Waals surface area contributed by atoms with Gasteiger partial charge >= 0.3 is 5.69 Å². The molecule has 0 saturated carbocycles. The highest BCUT2D eigenvalue weighted by atomic mass is 31.2. The zero-order chi connectivity index (χ0) is 44.7. The normalized spacial score (nSPS) is 18.7. The van der Waals surface area contributed by atoms with Crippen LogP contribution in [0, 0.1) is 24.2 Å². The zero-order valence-corrected chi connectivity index (χ0v) is 38.0. The highest BCUT2D eigenvalue weighted by Gasteiger charge is 2.52. The van der Waals surface area contributed by atoms with Gasteiger partial charge in [-0.25, -0.2) is 9.46 Å². The Hall–Kier alpha value is -5.25. The van der Waals surface area contributed by atoms with Crippen molar-refractivity contribution in [3.63, 3.8) is 0 Å². The van der Waals surface area contributed by atoms with Gasteiger partial charge in [0.15, 0.2) is 5.60 Å². The van der Waals surface area contributed by atoms with Crippen molar-refractivity contribution in [2.45, 2.75) is 116 Å². The van der Waals surface area contributed by atoms with Crippen LogP contribution in [0.1, 0.15) is 106 Å². The first-order valence-electron chi connectivity index (χ1n) is 21.9. The molecule has 4 aromatic carbocycles. The van der Waals surface area contributed by atoms with Gasteiger partial charge in [0.2, 0.25) is 0 Å². The number of fused-ring (bicyclic) bond motifs is 2. The minimum atomic E-state index is -1.72. The van der Waals surface area contributed by atoms with E-state index < -0.39 is 44.4 Å². The standard InChI is InChI=1S/C50H58N5O7P/c1-33(2)27-28-43(61-50(38-21-12-9-13-22-38)39-23-14-16-25-41(39)59-42-26-17-15-24-40(42)50)46-44(62-63(58-30-18-29-51)55(34(3)4)35(5)6)31-45(60-46)54-32-36(7)47(53-49(54)57)52-48(56)37-19-10-8-11-20-37/h8-17,19-26,32-35,43-46H,18,27-28,30-31H2,1-7H3,(H,52,53,56,57)/t43-,44-,45+,46+,63?/m0/s1. The number of benzene rings is 4. The number of ether oxygens (including phenoxy) is 3. The average molecular weight is 872 g/mol. The van der Waals surface area contributed by atoms with Gasteiger partial charge in [-0.3, -0.25) is 9.36 Å². The molecule has 1 fully saturated rings. The van der Waals surface area contributed by atoms with Gasteiger partial charge in [-0.1, -0.05) is 98.8 Å². The van der Waals surface area contributed by atoms with Crippen molar-refractivity contribution in [3.05, 3.63) is 154 Å². The SMILES string of the molecule is Cc1cn([C@H]2C[C@H](OP(OCCC#N)N(C(C)C)C(C)C)[C@@H]([C@H](CCC(C)C)OC3(c4ccccc4)c4ccccc4Oc4ccccc43)O2)c(=O)nc1NC(=O)c1ccccc1. The fraction of sp³-hybridized carbons (Fsp3) is 0.400. The summed E-state index contributed by atoms with van der Waals surface area (Å²) in [5.41, 5.74) is 1.95. The topological polar surface area (TPSA) is 137 Å². The fourth-order valence-electron chi connectivity index (χ4n) is 8.50. The molecule has 1 aromatic heterocycles. The van der Waals surface area contributed by atoms with E-state index in [4.69, 9.17) is 23.3 Å². The Bertz CT molecular complexity index is 2370. The molecular weight excluding hydrogens is 814 g/mol. The summed E-state index contributed by atoms with van der Waals surface area (Å²) in [4.78, 5) is 31.6. The van der Waals surface area contributed by atoms with Crippen molar-refractivity contribution in [1.29, 1.82) is 5.26 Å². The summed E-state index contributed by atoms with van der Waals surface area (Å²) >= 11 is 0. The third-order valence-electron chi connectivity index (χ3n) is 11.4. The molecule has 3 heterocycles. The molecule has 5 aromatic rings. The summed E-state index contributed by atoms with van der Waals surface area (Å²) in [5.74, 6) is 1.50. The Morgan fingerprint density at radius 1 is 0.905 bits per heavy atom. The molecule has 0 aliphatic carbocycles. The molecule has 1 amide bonds. The monoisotopic (exact) mass is 871 g/mol. The molecule has 0 bridgehead atoms. The Kier molecular flexibility index (Phi) is 14.9. The number of nitriles is 1. The number of nitrogens with zero attached hydrogens (tertiary/aromatic N) is 4. The van der Waals surface area contributed by atoms with E-state index in [1.807, 2.05) is 60.7 Å². The van der Waals surface area contributed by atoms with Crippen LogP contribution in [0.4, 0.5) is 5.82 Å². The lowest BCUT2D eigenvalue weighted by molar-refractivity contribution is -0.147. The van der Waals surface area contributed by atoms with Crippen molar-refractivity contribution in [1.82, 2.24) is 14.2 Å². The second-order valence-corrected chi connectivity index (χ2v) is 18.4. The molecule has 1 N–H and O–H groups in total. The largest absolute Gasteiger partial charge is 0.457 e. The molecular formula is C50H58N5O7P. The maximum Gasteiger partial charge on any atom is 0.351 e. The van der Waals surface area contributed by atoms with Crippen molar-refractivity contribution in [2.24, 2.45) is 5.92 Å². The predicted octanol–water partition coefficient (Wildman–Crippen LogP) is 10.7. The van der Waals surface area contributed by atoms with Gasteiger partial charge < -0.3 is 28.6 Å². The van der Waals surface area contributed by atoms with E-state index in [-0.39, 0.29) is 43.3 Å². The molecule has 2 aliphatic rings. The lowest BCUT2D eigenvalue weighted by Gasteiger charge is -2.44. The van der Waals surface area contributed by atoms with Crippen LogP contribution < -0.4 is 15.7 Å². The zero-order valence-electron chi connectivity index (χ0n) is 37.1.